The quantitative estimate of drug-likeness (QED) is 0.445. The first-order valence-corrected chi connectivity index (χ1v) is 5.71. The zero-order chi connectivity index (χ0) is 14.4. The van der Waals surface area contributed by atoms with Gasteiger partial charge in [-0.05, 0) is 19.1 Å². The fraction of sp³-hybridized carbons (Fsp3) is 0.600. The molecule has 0 unspecified atom stereocenters. The van der Waals surface area contributed by atoms with E-state index in [0.29, 0.717) is 4.85 Å². The van der Waals surface area contributed by atoms with Gasteiger partial charge in [-0.15, -0.1) is 5.10 Å². The second kappa shape index (κ2) is 6.69. The van der Waals surface area contributed by atoms with Gasteiger partial charge >= 0.3 is 5.97 Å². The second-order valence-electron chi connectivity index (χ2n) is 3.90. The fourth-order valence-corrected chi connectivity index (χ4v) is 1.39. The topological polar surface area (TPSA) is 127 Å². The molecular weight excluding hydrogens is 256 g/mol. The van der Waals surface area contributed by atoms with Crippen LogP contribution in [0.15, 0.2) is 6.20 Å². The average Bonchev–Trinajstić information content (AvgIpc) is 2.76. The van der Waals surface area contributed by atoms with Crippen LogP contribution >= 0.6 is 0 Å². The van der Waals surface area contributed by atoms with E-state index in [1.54, 1.807) is 13.8 Å². The molecule has 1 aromatic heterocycles. The van der Waals surface area contributed by atoms with Crippen molar-refractivity contribution in [3.05, 3.63) is 11.9 Å². The zero-order valence-electron chi connectivity index (χ0n) is 10.6. The van der Waals surface area contributed by atoms with E-state index in [1.165, 1.54) is 0 Å². The smallest absolute Gasteiger partial charge is 0.335 e. The molecule has 3 N–H and O–H groups in total. The number of carbonyl (C=O) groups is 2. The van der Waals surface area contributed by atoms with Crippen LogP contribution in [0.5, 0.6) is 0 Å². The molecule has 2 atom stereocenters. The molecule has 0 radical (unpaired) electrons. The van der Waals surface area contributed by atoms with Gasteiger partial charge in [-0.3, -0.25) is 4.79 Å². The van der Waals surface area contributed by atoms with E-state index in [0.717, 1.165) is 6.20 Å². The Kier molecular flexibility index (Phi) is 5.24. The highest BCUT2D eigenvalue weighted by atomic mass is 16.5. The van der Waals surface area contributed by atoms with E-state index in [1.807, 2.05) is 0 Å². The minimum atomic E-state index is -1.30. The van der Waals surface area contributed by atoms with E-state index in [9.17, 15) is 14.7 Å². The van der Waals surface area contributed by atoms with Gasteiger partial charge < -0.3 is 20.4 Å². The van der Waals surface area contributed by atoms with Crippen LogP contribution in [0.1, 0.15) is 30.8 Å². The number of carbonyl (C=O) groups excluding carboxylic acids is 2. The Balaban J connectivity index is 2.44. The molecule has 0 aromatic carbocycles. The Morgan fingerprint density at radius 2 is 2.26 bits per heavy atom. The van der Waals surface area contributed by atoms with Gasteiger partial charge in [0, 0.05) is 12.5 Å². The lowest BCUT2D eigenvalue weighted by atomic mass is 10.1. The van der Waals surface area contributed by atoms with Crippen LogP contribution in [0, 0.1) is 0 Å². The van der Waals surface area contributed by atoms with E-state index >= 15 is 0 Å². The van der Waals surface area contributed by atoms with Crippen LogP contribution in [0.4, 0.5) is 0 Å². The predicted molar refractivity (Wildman–Crippen MR) is 61.4 cm³/mol. The Hall–Kier alpha value is -2.16. The third kappa shape index (κ3) is 4.54. The lowest BCUT2D eigenvalue weighted by Gasteiger charge is -2.16. The molecule has 0 spiro atoms. The maximum atomic E-state index is 11.6. The standard InChI is InChI=1S/C10H16N4O5/c1-3-19-10(17)8(15)4-6(2)11-9(16)7-5-14(18)13-12-7/h5-6,8,15,18H,3-4H2,1-2H3,(H,11,16)/t6-,8-/m1/s1. The number of aliphatic hydroxyl groups excluding tert-OH is 1. The number of rotatable bonds is 6. The van der Waals surface area contributed by atoms with Crippen LogP contribution in [0.2, 0.25) is 0 Å². The minimum absolute atomic E-state index is 0.0117. The molecular formula is C10H16N4O5. The van der Waals surface area contributed by atoms with Crippen LogP contribution in [0.25, 0.3) is 0 Å². The first-order valence-electron chi connectivity index (χ1n) is 5.71. The maximum Gasteiger partial charge on any atom is 0.335 e. The molecule has 0 fully saturated rings. The number of aromatic nitrogens is 3. The lowest BCUT2D eigenvalue weighted by Crippen LogP contribution is -2.37. The van der Waals surface area contributed by atoms with Crippen molar-refractivity contribution in [2.75, 3.05) is 6.61 Å². The maximum absolute atomic E-state index is 11.6. The molecule has 0 saturated heterocycles. The van der Waals surface area contributed by atoms with E-state index in [4.69, 9.17) is 5.21 Å². The van der Waals surface area contributed by atoms with Gasteiger partial charge in [-0.2, -0.15) is 0 Å². The molecule has 9 nitrogen and oxygen atoms in total. The molecule has 0 bridgehead atoms. The van der Waals surface area contributed by atoms with Crippen LogP contribution in [-0.4, -0.2) is 56.1 Å². The van der Waals surface area contributed by atoms with Crippen molar-refractivity contribution in [1.82, 2.24) is 20.5 Å². The number of nitrogens with zero attached hydrogens (tertiary/aromatic N) is 3. The van der Waals surface area contributed by atoms with Crippen molar-refractivity contribution in [3.8, 4) is 0 Å². The highest BCUT2D eigenvalue weighted by Crippen LogP contribution is 2.02. The molecule has 1 rings (SSSR count). The molecule has 106 valence electrons. The van der Waals surface area contributed by atoms with Gasteiger partial charge in [0.2, 0.25) is 0 Å². The van der Waals surface area contributed by atoms with Crippen LogP contribution < -0.4 is 5.32 Å². The Morgan fingerprint density at radius 3 is 2.79 bits per heavy atom. The second-order valence-corrected chi connectivity index (χ2v) is 3.90. The van der Waals surface area contributed by atoms with Crippen molar-refractivity contribution in [2.45, 2.75) is 32.4 Å². The molecule has 1 aromatic rings. The Labute approximate surface area is 109 Å². The third-order valence-corrected chi connectivity index (χ3v) is 2.23. The number of esters is 1. The number of hydrogen-bond donors (Lipinski definition) is 3. The molecule has 0 saturated carbocycles. The van der Waals surface area contributed by atoms with Crippen LogP contribution in [0.3, 0.4) is 0 Å². The highest BCUT2D eigenvalue weighted by molar-refractivity contribution is 5.92. The number of hydrogen-bond acceptors (Lipinski definition) is 7. The fourth-order valence-electron chi connectivity index (χ4n) is 1.39. The van der Waals surface area contributed by atoms with Crippen molar-refractivity contribution in [2.24, 2.45) is 0 Å². The Morgan fingerprint density at radius 1 is 1.58 bits per heavy atom. The molecule has 1 heterocycles. The van der Waals surface area contributed by atoms with Crippen molar-refractivity contribution >= 4 is 11.9 Å². The summed E-state index contributed by atoms with van der Waals surface area (Å²) in [6.45, 7) is 3.42. The number of ether oxygens (including phenoxy) is 1. The number of amides is 1. The summed E-state index contributed by atoms with van der Waals surface area (Å²) in [4.78, 5) is 23.2. The SMILES string of the molecule is CCOC(=O)[C@H](O)C[C@@H](C)NC(=O)c1cn(O)nn1. The molecule has 9 heteroatoms. The summed E-state index contributed by atoms with van der Waals surface area (Å²) in [7, 11) is 0. The van der Waals surface area contributed by atoms with Gasteiger partial charge in [-0.25, -0.2) is 4.79 Å². The Bertz CT molecular complexity index is 447. The molecule has 0 aliphatic rings. The minimum Gasteiger partial charge on any atom is -0.464 e. The summed E-state index contributed by atoms with van der Waals surface area (Å²) < 4.78 is 4.64. The molecule has 19 heavy (non-hydrogen) atoms. The summed E-state index contributed by atoms with van der Waals surface area (Å²) >= 11 is 0. The van der Waals surface area contributed by atoms with E-state index < -0.39 is 24.0 Å². The summed E-state index contributed by atoms with van der Waals surface area (Å²) in [5.41, 5.74) is -0.0695. The van der Waals surface area contributed by atoms with Gasteiger partial charge in [-0.1, -0.05) is 4.85 Å². The monoisotopic (exact) mass is 272 g/mol. The summed E-state index contributed by atoms with van der Waals surface area (Å²) in [6.07, 6.45) is -0.259. The first-order chi connectivity index (χ1) is 8.93. The van der Waals surface area contributed by atoms with E-state index in [2.05, 4.69) is 20.4 Å². The summed E-state index contributed by atoms with van der Waals surface area (Å²) in [5.74, 6) is -1.30. The molecule has 0 aliphatic heterocycles. The van der Waals surface area contributed by atoms with E-state index in [-0.39, 0.29) is 18.7 Å². The largest absolute Gasteiger partial charge is 0.464 e. The molecule has 0 aliphatic carbocycles. The lowest BCUT2D eigenvalue weighted by molar-refractivity contribution is -0.153. The normalized spacial score (nSPS) is 13.6. The zero-order valence-corrected chi connectivity index (χ0v) is 10.6. The number of nitrogens with one attached hydrogen (secondary N) is 1. The number of aliphatic hydroxyl groups is 1. The van der Waals surface area contributed by atoms with Gasteiger partial charge in [0.1, 0.15) is 0 Å². The summed E-state index contributed by atoms with van der Waals surface area (Å²) in [5, 5.41) is 27.5. The average molecular weight is 272 g/mol. The van der Waals surface area contributed by atoms with Crippen molar-refractivity contribution < 1.29 is 24.6 Å². The van der Waals surface area contributed by atoms with Crippen molar-refractivity contribution in [1.29, 1.82) is 0 Å². The van der Waals surface area contributed by atoms with Crippen molar-refractivity contribution in [3.63, 3.8) is 0 Å². The van der Waals surface area contributed by atoms with Gasteiger partial charge in [0.25, 0.3) is 5.91 Å². The predicted octanol–water partition coefficient (Wildman–Crippen LogP) is -1.05. The molecule has 1 amide bonds. The highest BCUT2D eigenvalue weighted by Gasteiger charge is 2.21. The first kappa shape index (κ1) is 14.9. The van der Waals surface area contributed by atoms with Gasteiger partial charge in [0.05, 0.1) is 12.8 Å². The summed E-state index contributed by atoms with van der Waals surface area (Å²) in [6, 6.07) is -0.476. The third-order valence-electron chi connectivity index (χ3n) is 2.23. The van der Waals surface area contributed by atoms with Gasteiger partial charge in [0.15, 0.2) is 11.8 Å². The van der Waals surface area contributed by atoms with Crippen LogP contribution in [-0.2, 0) is 9.53 Å².